The highest BCUT2D eigenvalue weighted by atomic mass is 16.7. The van der Waals surface area contributed by atoms with Crippen molar-refractivity contribution in [2.75, 3.05) is 31.7 Å². The van der Waals surface area contributed by atoms with Crippen molar-refractivity contribution in [1.82, 2.24) is 0 Å². The molecule has 0 atom stereocenters. The molecule has 0 aliphatic carbocycles. The van der Waals surface area contributed by atoms with E-state index in [2.05, 4.69) is 4.90 Å². The summed E-state index contributed by atoms with van der Waals surface area (Å²) in [7, 11) is 1.64. The molecule has 0 N–H and O–H groups in total. The van der Waals surface area contributed by atoms with Gasteiger partial charge in [0.25, 0.3) is 0 Å². The smallest absolute Gasteiger partial charge is 0.497 e. The van der Waals surface area contributed by atoms with E-state index >= 15 is 0 Å². The minimum Gasteiger partial charge on any atom is -0.497 e. The van der Waals surface area contributed by atoms with Gasteiger partial charge < -0.3 is 19.1 Å². The lowest BCUT2D eigenvalue weighted by atomic mass is 10.2. The van der Waals surface area contributed by atoms with E-state index in [1.165, 1.54) is 0 Å². The van der Waals surface area contributed by atoms with Crippen molar-refractivity contribution < 1.29 is 19.0 Å². The molecule has 128 valence electrons. The normalized spacial score (nSPS) is 10.1. The van der Waals surface area contributed by atoms with Crippen LogP contribution >= 0.6 is 0 Å². The Hall–Kier alpha value is -2.69. The van der Waals surface area contributed by atoms with Crippen LogP contribution in [0.2, 0.25) is 0 Å². The van der Waals surface area contributed by atoms with Crippen LogP contribution < -0.4 is 14.4 Å². The first-order chi connectivity index (χ1) is 11.6. The molecule has 0 saturated heterocycles. The molecule has 0 spiro atoms. The molecule has 0 aliphatic rings. The number of hydrogen-bond acceptors (Lipinski definition) is 5. The molecular weight excluding hydrogens is 306 g/mol. The van der Waals surface area contributed by atoms with Crippen LogP contribution in [-0.4, -0.2) is 33.0 Å². The van der Waals surface area contributed by atoms with E-state index in [-0.39, 0.29) is 6.61 Å². The SMILES string of the molecule is CCN(CCOC(=O)Oc1ccccc1C)c1cccc(OC)c1. The van der Waals surface area contributed by atoms with Crippen LogP contribution in [0.25, 0.3) is 0 Å². The number of para-hydroxylation sites is 1. The maximum absolute atomic E-state index is 11.8. The summed E-state index contributed by atoms with van der Waals surface area (Å²) < 4.78 is 15.6. The molecule has 0 unspecified atom stereocenters. The molecule has 5 nitrogen and oxygen atoms in total. The molecule has 0 bridgehead atoms. The summed E-state index contributed by atoms with van der Waals surface area (Å²) in [6, 6.07) is 15.1. The first-order valence-corrected chi connectivity index (χ1v) is 7.93. The van der Waals surface area contributed by atoms with Crippen molar-refractivity contribution in [3.63, 3.8) is 0 Å². The molecule has 0 fully saturated rings. The van der Waals surface area contributed by atoms with E-state index in [0.29, 0.717) is 12.3 Å². The molecule has 2 aromatic rings. The number of methoxy groups -OCH3 is 1. The van der Waals surface area contributed by atoms with Crippen LogP contribution in [0, 0.1) is 6.92 Å². The Morgan fingerprint density at radius 3 is 2.62 bits per heavy atom. The van der Waals surface area contributed by atoms with E-state index in [1.807, 2.05) is 56.3 Å². The third-order valence-electron chi connectivity index (χ3n) is 3.67. The van der Waals surface area contributed by atoms with Gasteiger partial charge in [-0.05, 0) is 37.6 Å². The Labute approximate surface area is 142 Å². The van der Waals surface area contributed by atoms with Gasteiger partial charge in [-0.3, -0.25) is 0 Å². The molecule has 2 aromatic carbocycles. The van der Waals surface area contributed by atoms with Crippen molar-refractivity contribution in [1.29, 1.82) is 0 Å². The number of benzene rings is 2. The van der Waals surface area contributed by atoms with Gasteiger partial charge in [0.1, 0.15) is 18.1 Å². The van der Waals surface area contributed by atoms with Crippen LogP contribution in [-0.2, 0) is 4.74 Å². The van der Waals surface area contributed by atoms with Crippen molar-refractivity contribution in [2.45, 2.75) is 13.8 Å². The van der Waals surface area contributed by atoms with E-state index < -0.39 is 6.16 Å². The lowest BCUT2D eigenvalue weighted by Gasteiger charge is -2.23. The molecular formula is C19H23NO4. The standard InChI is InChI=1S/C19H23NO4/c1-4-20(16-9-7-10-17(14-16)22-3)12-13-23-19(21)24-18-11-6-5-8-15(18)2/h5-11,14H,4,12-13H2,1-3H3. The Kier molecular flexibility index (Phi) is 6.49. The summed E-state index contributed by atoms with van der Waals surface area (Å²) in [6.07, 6.45) is -0.689. The van der Waals surface area contributed by atoms with Crippen LogP contribution in [0.4, 0.5) is 10.5 Å². The molecule has 0 aliphatic heterocycles. The Balaban J connectivity index is 1.85. The second-order valence-corrected chi connectivity index (χ2v) is 5.25. The average Bonchev–Trinajstić information content (AvgIpc) is 2.61. The number of carbonyl (C=O) groups is 1. The van der Waals surface area contributed by atoms with Crippen LogP contribution in [0.5, 0.6) is 11.5 Å². The second kappa shape index (κ2) is 8.82. The molecule has 5 heteroatoms. The lowest BCUT2D eigenvalue weighted by Crippen LogP contribution is -2.28. The van der Waals surface area contributed by atoms with Crippen LogP contribution in [0.3, 0.4) is 0 Å². The predicted octanol–water partition coefficient (Wildman–Crippen LogP) is 4.05. The summed E-state index contributed by atoms with van der Waals surface area (Å²) >= 11 is 0. The number of aryl methyl sites for hydroxylation is 1. The fourth-order valence-corrected chi connectivity index (χ4v) is 2.31. The third-order valence-corrected chi connectivity index (χ3v) is 3.67. The van der Waals surface area contributed by atoms with Gasteiger partial charge in [0, 0.05) is 18.3 Å². The number of likely N-dealkylation sites (N-methyl/N-ethyl adjacent to an activating group) is 1. The fraction of sp³-hybridized carbons (Fsp3) is 0.316. The summed E-state index contributed by atoms with van der Waals surface area (Å²) in [5.41, 5.74) is 1.91. The van der Waals surface area contributed by atoms with Gasteiger partial charge in [0.2, 0.25) is 0 Å². The number of carbonyl (C=O) groups excluding carboxylic acids is 1. The number of anilines is 1. The first-order valence-electron chi connectivity index (χ1n) is 7.93. The van der Waals surface area contributed by atoms with E-state index in [0.717, 1.165) is 23.5 Å². The maximum atomic E-state index is 11.8. The van der Waals surface area contributed by atoms with E-state index in [9.17, 15) is 4.79 Å². The molecule has 0 radical (unpaired) electrons. The van der Waals surface area contributed by atoms with Gasteiger partial charge in [-0.2, -0.15) is 0 Å². The number of hydrogen-bond donors (Lipinski definition) is 0. The van der Waals surface area contributed by atoms with Crippen molar-refractivity contribution in [3.8, 4) is 11.5 Å². The molecule has 0 amide bonds. The van der Waals surface area contributed by atoms with Crippen molar-refractivity contribution >= 4 is 11.8 Å². The molecule has 24 heavy (non-hydrogen) atoms. The average molecular weight is 329 g/mol. The van der Waals surface area contributed by atoms with Crippen molar-refractivity contribution in [2.24, 2.45) is 0 Å². The van der Waals surface area contributed by atoms with Gasteiger partial charge in [-0.25, -0.2) is 4.79 Å². The molecule has 0 heterocycles. The lowest BCUT2D eigenvalue weighted by molar-refractivity contribution is 0.101. The van der Waals surface area contributed by atoms with E-state index in [1.54, 1.807) is 13.2 Å². The fourth-order valence-electron chi connectivity index (χ4n) is 2.31. The number of nitrogens with zero attached hydrogens (tertiary/aromatic N) is 1. The Morgan fingerprint density at radius 1 is 1.12 bits per heavy atom. The van der Waals surface area contributed by atoms with Gasteiger partial charge in [-0.15, -0.1) is 0 Å². The molecule has 0 saturated carbocycles. The zero-order valence-corrected chi connectivity index (χ0v) is 14.3. The summed E-state index contributed by atoms with van der Waals surface area (Å²) in [5, 5.41) is 0. The zero-order valence-electron chi connectivity index (χ0n) is 14.3. The van der Waals surface area contributed by atoms with Gasteiger partial charge in [0.15, 0.2) is 0 Å². The first kappa shape index (κ1) is 17.7. The summed E-state index contributed by atoms with van der Waals surface area (Å²) in [4.78, 5) is 13.9. The highest BCUT2D eigenvalue weighted by molar-refractivity contribution is 5.64. The van der Waals surface area contributed by atoms with Gasteiger partial charge >= 0.3 is 6.16 Å². The van der Waals surface area contributed by atoms with Crippen molar-refractivity contribution in [3.05, 3.63) is 54.1 Å². The van der Waals surface area contributed by atoms with Gasteiger partial charge in [-0.1, -0.05) is 24.3 Å². The van der Waals surface area contributed by atoms with Crippen LogP contribution in [0.1, 0.15) is 12.5 Å². The highest BCUT2D eigenvalue weighted by Crippen LogP contribution is 2.21. The Bertz CT molecular complexity index is 672. The van der Waals surface area contributed by atoms with E-state index in [4.69, 9.17) is 14.2 Å². The van der Waals surface area contributed by atoms with Gasteiger partial charge in [0.05, 0.1) is 13.7 Å². The Morgan fingerprint density at radius 2 is 1.92 bits per heavy atom. The number of ether oxygens (including phenoxy) is 3. The topological polar surface area (TPSA) is 48.0 Å². The second-order valence-electron chi connectivity index (χ2n) is 5.25. The summed E-state index contributed by atoms with van der Waals surface area (Å²) in [6.45, 7) is 5.54. The minimum absolute atomic E-state index is 0.246. The minimum atomic E-state index is -0.689. The highest BCUT2D eigenvalue weighted by Gasteiger charge is 2.10. The predicted molar refractivity (Wildman–Crippen MR) is 94.0 cm³/mol. The monoisotopic (exact) mass is 329 g/mol. The number of rotatable bonds is 7. The summed E-state index contributed by atoms with van der Waals surface area (Å²) in [5.74, 6) is 1.31. The van der Waals surface area contributed by atoms with Crippen LogP contribution in [0.15, 0.2) is 48.5 Å². The largest absolute Gasteiger partial charge is 0.513 e. The molecule has 2 rings (SSSR count). The molecule has 0 aromatic heterocycles. The zero-order chi connectivity index (χ0) is 17.4. The maximum Gasteiger partial charge on any atom is 0.513 e. The quantitative estimate of drug-likeness (QED) is 0.566. The third kappa shape index (κ3) is 4.91.